The molecule has 0 aromatic heterocycles. The molecule has 2 aliphatic heterocycles. The van der Waals surface area contributed by atoms with Crippen molar-refractivity contribution in [3.05, 3.63) is 54.1 Å². The molecule has 2 aromatic rings. The van der Waals surface area contributed by atoms with Crippen LogP contribution in [0.5, 0.6) is 0 Å². The van der Waals surface area contributed by atoms with Crippen molar-refractivity contribution in [1.29, 1.82) is 0 Å². The van der Waals surface area contributed by atoms with Crippen LogP contribution in [0.1, 0.15) is 37.7 Å². The third-order valence-corrected chi connectivity index (χ3v) is 6.85. The van der Waals surface area contributed by atoms with Gasteiger partial charge in [0.2, 0.25) is 17.7 Å². The van der Waals surface area contributed by atoms with E-state index in [4.69, 9.17) is 0 Å². The standard InChI is InChI=1S/C25H27N3O3/c29-23(14-16-28-24(30)18-8-2-3-9-19(18)25(28)31)26-20-10-4-6-12-22(20)27-15-13-17-7-1-5-11-21(17)27/h1,4-7,10-12,18-19H,2-3,8-9,13-16H2,(H,26,29)/t18-,19+. The normalized spacial score (nSPS) is 22.5. The number of imide groups is 1. The number of amides is 3. The molecular formula is C25H27N3O3. The molecule has 5 rings (SSSR count). The highest BCUT2D eigenvalue weighted by atomic mass is 16.2. The van der Waals surface area contributed by atoms with E-state index in [0.717, 1.165) is 50.0 Å². The van der Waals surface area contributed by atoms with Gasteiger partial charge in [0, 0.05) is 25.2 Å². The predicted octanol–water partition coefficient (Wildman–Crippen LogP) is 3.88. The van der Waals surface area contributed by atoms with Gasteiger partial charge in [0.15, 0.2) is 0 Å². The summed E-state index contributed by atoms with van der Waals surface area (Å²) < 4.78 is 0. The molecule has 31 heavy (non-hydrogen) atoms. The molecule has 6 heteroatoms. The minimum atomic E-state index is -0.185. The maximum absolute atomic E-state index is 12.7. The van der Waals surface area contributed by atoms with E-state index in [0.29, 0.717) is 0 Å². The Morgan fingerprint density at radius 3 is 2.29 bits per heavy atom. The van der Waals surface area contributed by atoms with Gasteiger partial charge in [-0.15, -0.1) is 0 Å². The van der Waals surface area contributed by atoms with Gasteiger partial charge in [-0.3, -0.25) is 19.3 Å². The highest BCUT2D eigenvalue weighted by Crippen LogP contribution is 2.39. The van der Waals surface area contributed by atoms with Crippen LogP contribution in [-0.2, 0) is 20.8 Å². The van der Waals surface area contributed by atoms with Gasteiger partial charge in [0.05, 0.1) is 23.2 Å². The molecule has 2 fully saturated rings. The van der Waals surface area contributed by atoms with Crippen molar-refractivity contribution in [1.82, 2.24) is 4.90 Å². The topological polar surface area (TPSA) is 69.7 Å². The fraction of sp³-hybridized carbons (Fsp3) is 0.400. The second-order valence-corrected chi connectivity index (χ2v) is 8.67. The van der Waals surface area contributed by atoms with Gasteiger partial charge in [0.1, 0.15) is 0 Å². The van der Waals surface area contributed by atoms with E-state index in [1.165, 1.54) is 16.2 Å². The van der Waals surface area contributed by atoms with Gasteiger partial charge < -0.3 is 10.2 Å². The van der Waals surface area contributed by atoms with Crippen LogP contribution >= 0.6 is 0 Å². The summed E-state index contributed by atoms with van der Waals surface area (Å²) in [6, 6.07) is 16.1. The number of fused-ring (bicyclic) bond motifs is 2. The quantitative estimate of drug-likeness (QED) is 0.750. The largest absolute Gasteiger partial charge is 0.339 e. The summed E-state index contributed by atoms with van der Waals surface area (Å²) in [5.41, 5.74) is 4.17. The smallest absolute Gasteiger partial charge is 0.233 e. The number of likely N-dealkylation sites (tertiary alicyclic amines) is 1. The highest BCUT2D eigenvalue weighted by Gasteiger charge is 2.47. The first-order chi connectivity index (χ1) is 15.1. The molecule has 1 saturated heterocycles. The fourth-order valence-electron chi connectivity index (χ4n) is 5.28. The van der Waals surface area contributed by atoms with E-state index < -0.39 is 0 Å². The Morgan fingerprint density at radius 2 is 1.55 bits per heavy atom. The molecule has 0 radical (unpaired) electrons. The minimum absolute atomic E-state index is 0.0865. The summed E-state index contributed by atoms with van der Waals surface area (Å²) >= 11 is 0. The molecule has 2 heterocycles. The molecule has 3 amide bonds. The maximum Gasteiger partial charge on any atom is 0.233 e. The van der Waals surface area contributed by atoms with Crippen molar-refractivity contribution in [3.63, 3.8) is 0 Å². The van der Waals surface area contributed by atoms with Crippen molar-refractivity contribution in [2.24, 2.45) is 11.8 Å². The minimum Gasteiger partial charge on any atom is -0.339 e. The highest BCUT2D eigenvalue weighted by molar-refractivity contribution is 6.05. The van der Waals surface area contributed by atoms with Crippen molar-refractivity contribution in [2.45, 2.75) is 38.5 Å². The number of hydrogen-bond acceptors (Lipinski definition) is 4. The summed E-state index contributed by atoms with van der Waals surface area (Å²) in [4.78, 5) is 41.5. The van der Waals surface area contributed by atoms with Crippen molar-refractivity contribution in [3.8, 4) is 0 Å². The lowest BCUT2D eigenvalue weighted by Crippen LogP contribution is -2.34. The monoisotopic (exact) mass is 417 g/mol. The first-order valence-corrected chi connectivity index (χ1v) is 11.2. The van der Waals surface area contributed by atoms with Crippen LogP contribution in [0.4, 0.5) is 17.1 Å². The fourth-order valence-corrected chi connectivity index (χ4v) is 5.28. The van der Waals surface area contributed by atoms with E-state index in [1.54, 1.807) is 0 Å². The Kier molecular flexibility index (Phi) is 5.22. The summed E-state index contributed by atoms with van der Waals surface area (Å²) in [5.74, 6) is -0.691. The zero-order valence-electron chi connectivity index (χ0n) is 17.5. The number of nitrogens with one attached hydrogen (secondary N) is 1. The molecule has 0 bridgehead atoms. The van der Waals surface area contributed by atoms with Crippen LogP contribution in [-0.4, -0.2) is 35.7 Å². The molecule has 2 aromatic carbocycles. The van der Waals surface area contributed by atoms with Gasteiger partial charge in [-0.25, -0.2) is 0 Å². The van der Waals surface area contributed by atoms with Crippen LogP contribution in [0.25, 0.3) is 0 Å². The molecule has 1 saturated carbocycles. The Labute approximate surface area is 182 Å². The van der Waals surface area contributed by atoms with Gasteiger partial charge in [-0.1, -0.05) is 43.2 Å². The third kappa shape index (κ3) is 3.60. The van der Waals surface area contributed by atoms with Crippen LogP contribution < -0.4 is 10.2 Å². The number of rotatable bonds is 5. The van der Waals surface area contributed by atoms with Crippen LogP contribution in [0.15, 0.2) is 48.5 Å². The number of nitrogens with zero attached hydrogens (tertiary/aromatic N) is 2. The van der Waals surface area contributed by atoms with E-state index in [1.807, 2.05) is 36.4 Å². The first kappa shape index (κ1) is 19.8. The number of benzene rings is 2. The molecular weight excluding hydrogens is 390 g/mol. The lowest BCUT2D eigenvalue weighted by Gasteiger charge is -2.23. The van der Waals surface area contributed by atoms with Crippen molar-refractivity contribution >= 4 is 34.8 Å². The predicted molar refractivity (Wildman–Crippen MR) is 119 cm³/mol. The molecule has 1 N–H and O–H groups in total. The molecule has 0 spiro atoms. The van der Waals surface area contributed by atoms with Crippen molar-refractivity contribution in [2.75, 3.05) is 23.3 Å². The Morgan fingerprint density at radius 1 is 0.903 bits per heavy atom. The second kappa shape index (κ2) is 8.17. The zero-order chi connectivity index (χ0) is 21.4. The summed E-state index contributed by atoms with van der Waals surface area (Å²) in [7, 11) is 0. The zero-order valence-corrected chi connectivity index (χ0v) is 17.5. The molecule has 6 nitrogen and oxygen atoms in total. The third-order valence-electron chi connectivity index (χ3n) is 6.85. The lowest BCUT2D eigenvalue weighted by molar-refractivity contribution is -0.140. The maximum atomic E-state index is 12.7. The molecule has 160 valence electrons. The lowest BCUT2D eigenvalue weighted by atomic mass is 9.81. The van der Waals surface area contributed by atoms with Gasteiger partial charge in [-0.2, -0.15) is 0 Å². The van der Waals surface area contributed by atoms with Gasteiger partial charge in [-0.05, 0) is 43.0 Å². The second-order valence-electron chi connectivity index (χ2n) is 8.67. The first-order valence-electron chi connectivity index (χ1n) is 11.2. The summed E-state index contributed by atoms with van der Waals surface area (Å²) in [5, 5.41) is 3.00. The molecule has 3 aliphatic rings. The van der Waals surface area contributed by atoms with Crippen LogP contribution in [0.2, 0.25) is 0 Å². The van der Waals surface area contributed by atoms with E-state index in [-0.39, 0.29) is 42.5 Å². The number of anilines is 3. The Balaban J connectivity index is 1.26. The van der Waals surface area contributed by atoms with Crippen molar-refractivity contribution < 1.29 is 14.4 Å². The van der Waals surface area contributed by atoms with Crippen LogP contribution in [0, 0.1) is 11.8 Å². The summed E-state index contributed by atoms with van der Waals surface area (Å²) in [6.07, 6.45) is 4.68. The SMILES string of the molecule is O=C(CCN1C(=O)[C@H]2CCCC[C@H]2C1=O)Nc1ccccc1N1CCc2ccccc21. The van der Waals surface area contributed by atoms with Gasteiger partial charge >= 0.3 is 0 Å². The molecule has 2 atom stereocenters. The van der Waals surface area contributed by atoms with Crippen LogP contribution in [0.3, 0.4) is 0 Å². The molecule has 1 aliphatic carbocycles. The Hall–Kier alpha value is -3.15. The number of carbonyl (C=O) groups excluding carboxylic acids is 3. The Bertz CT molecular complexity index is 1010. The number of carbonyl (C=O) groups is 3. The molecule has 0 unspecified atom stereocenters. The number of para-hydroxylation sites is 3. The average Bonchev–Trinajstić information content (AvgIpc) is 3.33. The van der Waals surface area contributed by atoms with E-state index in [2.05, 4.69) is 22.3 Å². The number of hydrogen-bond donors (Lipinski definition) is 1. The average molecular weight is 418 g/mol. The van der Waals surface area contributed by atoms with Gasteiger partial charge in [0.25, 0.3) is 0 Å². The van der Waals surface area contributed by atoms with E-state index >= 15 is 0 Å². The van der Waals surface area contributed by atoms with E-state index in [9.17, 15) is 14.4 Å². The summed E-state index contributed by atoms with van der Waals surface area (Å²) in [6.45, 7) is 1.02.